The van der Waals surface area contributed by atoms with E-state index in [1.54, 1.807) is 46.5 Å². The van der Waals surface area contributed by atoms with Crippen LogP contribution in [-0.2, 0) is 11.2 Å². The molecule has 0 bridgehead atoms. The Morgan fingerprint density at radius 3 is 2.60 bits per heavy atom. The summed E-state index contributed by atoms with van der Waals surface area (Å²) in [7, 11) is 0. The van der Waals surface area contributed by atoms with Crippen LogP contribution in [0.15, 0.2) is 48.8 Å². The van der Waals surface area contributed by atoms with Crippen molar-refractivity contribution in [3.8, 4) is 0 Å². The number of rotatable bonds is 3. The first-order valence-corrected chi connectivity index (χ1v) is 8.35. The molecule has 1 aromatic carbocycles. The summed E-state index contributed by atoms with van der Waals surface area (Å²) in [5.74, 6) is -0.441. The lowest BCUT2D eigenvalue weighted by molar-refractivity contribution is -0.130. The van der Waals surface area contributed by atoms with Crippen molar-refractivity contribution in [2.45, 2.75) is 12.8 Å². The molecule has 1 aliphatic rings. The Hall–Kier alpha value is -2.76. The molecule has 1 aromatic heterocycles. The zero-order valence-electron chi connectivity index (χ0n) is 13.9. The van der Waals surface area contributed by atoms with Crippen molar-refractivity contribution in [3.05, 3.63) is 65.7 Å². The summed E-state index contributed by atoms with van der Waals surface area (Å²) < 4.78 is 13.3. The third-order valence-electron chi connectivity index (χ3n) is 4.29. The number of carbonyl (C=O) groups is 2. The summed E-state index contributed by atoms with van der Waals surface area (Å²) in [6, 6.07) is 9.58. The molecule has 0 radical (unpaired) electrons. The van der Waals surface area contributed by atoms with E-state index in [2.05, 4.69) is 4.98 Å². The maximum atomic E-state index is 13.3. The molecule has 0 atom stereocenters. The molecule has 2 aromatic rings. The summed E-state index contributed by atoms with van der Waals surface area (Å²) in [4.78, 5) is 32.5. The standard InChI is InChI=1S/C19H20FN3O2/c20-17-6-1-4-15(12-17)13-18(24)22-8-3-9-23(11-10-22)19(25)16-5-2-7-21-14-16/h1-2,4-7,12,14H,3,8-11,13H2. The van der Waals surface area contributed by atoms with Gasteiger partial charge in [0.25, 0.3) is 5.91 Å². The van der Waals surface area contributed by atoms with Gasteiger partial charge >= 0.3 is 0 Å². The van der Waals surface area contributed by atoms with Gasteiger partial charge in [0.05, 0.1) is 12.0 Å². The van der Waals surface area contributed by atoms with Gasteiger partial charge in [0.1, 0.15) is 5.82 Å². The molecule has 3 rings (SSSR count). The Bertz CT molecular complexity index is 751. The van der Waals surface area contributed by atoms with E-state index in [-0.39, 0.29) is 24.1 Å². The topological polar surface area (TPSA) is 53.5 Å². The summed E-state index contributed by atoms with van der Waals surface area (Å²) in [5.41, 5.74) is 1.22. The largest absolute Gasteiger partial charge is 0.341 e. The highest BCUT2D eigenvalue weighted by Crippen LogP contribution is 2.11. The van der Waals surface area contributed by atoms with Crippen LogP contribution in [0, 0.1) is 5.82 Å². The number of aromatic nitrogens is 1. The molecule has 0 saturated carbocycles. The van der Waals surface area contributed by atoms with Gasteiger partial charge in [-0.15, -0.1) is 0 Å². The first kappa shape index (κ1) is 17.1. The number of hydrogen-bond acceptors (Lipinski definition) is 3. The van der Waals surface area contributed by atoms with Crippen molar-refractivity contribution < 1.29 is 14.0 Å². The summed E-state index contributed by atoms with van der Waals surface area (Å²) in [6.07, 6.45) is 4.08. The fourth-order valence-electron chi connectivity index (χ4n) is 2.98. The average Bonchev–Trinajstić information content (AvgIpc) is 2.88. The minimum absolute atomic E-state index is 0.0405. The SMILES string of the molecule is O=C(Cc1cccc(F)c1)N1CCCN(C(=O)c2cccnc2)CC1. The van der Waals surface area contributed by atoms with Gasteiger partial charge in [-0.3, -0.25) is 14.6 Å². The fraction of sp³-hybridized carbons (Fsp3) is 0.316. The van der Waals surface area contributed by atoms with Gasteiger partial charge in [0, 0.05) is 38.6 Å². The molecular formula is C19H20FN3O2. The zero-order chi connectivity index (χ0) is 17.6. The summed E-state index contributed by atoms with van der Waals surface area (Å²) in [6.45, 7) is 2.19. The molecule has 5 nitrogen and oxygen atoms in total. The monoisotopic (exact) mass is 341 g/mol. The minimum Gasteiger partial charge on any atom is -0.341 e. The van der Waals surface area contributed by atoms with Crippen LogP contribution in [0.1, 0.15) is 22.3 Å². The number of amides is 2. The van der Waals surface area contributed by atoms with Crippen molar-refractivity contribution >= 4 is 11.8 Å². The number of halogens is 1. The molecule has 0 spiro atoms. The molecule has 130 valence electrons. The van der Waals surface area contributed by atoms with Crippen molar-refractivity contribution in [1.82, 2.24) is 14.8 Å². The number of nitrogens with zero attached hydrogens (tertiary/aromatic N) is 3. The van der Waals surface area contributed by atoms with Gasteiger partial charge in [-0.1, -0.05) is 12.1 Å². The van der Waals surface area contributed by atoms with Crippen LogP contribution < -0.4 is 0 Å². The van der Waals surface area contributed by atoms with Crippen LogP contribution in [0.5, 0.6) is 0 Å². The highest BCUT2D eigenvalue weighted by molar-refractivity contribution is 5.94. The second-order valence-electron chi connectivity index (χ2n) is 6.07. The zero-order valence-corrected chi connectivity index (χ0v) is 13.9. The molecule has 2 heterocycles. The van der Waals surface area contributed by atoms with E-state index in [1.165, 1.54) is 12.1 Å². The average molecular weight is 341 g/mol. The van der Waals surface area contributed by atoms with E-state index in [9.17, 15) is 14.0 Å². The molecule has 2 amide bonds. The van der Waals surface area contributed by atoms with Crippen molar-refractivity contribution in [3.63, 3.8) is 0 Å². The number of carbonyl (C=O) groups excluding carboxylic acids is 2. The normalized spacial score (nSPS) is 14.9. The van der Waals surface area contributed by atoms with Gasteiger partial charge in [-0.25, -0.2) is 4.39 Å². The van der Waals surface area contributed by atoms with Crippen LogP contribution >= 0.6 is 0 Å². The van der Waals surface area contributed by atoms with E-state index in [0.29, 0.717) is 37.3 Å². The highest BCUT2D eigenvalue weighted by atomic mass is 19.1. The van der Waals surface area contributed by atoms with E-state index in [4.69, 9.17) is 0 Å². The molecule has 25 heavy (non-hydrogen) atoms. The van der Waals surface area contributed by atoms with Crippen LogP contribution in [0.2, 0.25) is 0 Å². The molecule has 0 unspecified atom stereocenters. The molecule has 0 aliphatic carbocycles. The van der Waals surface area contributed by atoms with Crippen LogP contribution in [0.3, 0.4) is 0 Å². The molecule has 1 saturated heterocycles. The van der Waals surface area contributed by atoms with E-state index < -0.39 is 0 Å². The Morgan fingerprint density at radius 2 is 1.84 bits per heavy atom. The van der Waals surface area contributed by atoms with Crippen LogP contribution in [0.4, 0.5) is 4.39 Å². The van der Waals surface area contributed by atoms with Gasteiger partial charge in [-0.2, -0.15) is 0 Å². The second kappa shape index (κ2) is 7.88. The molecule has 6 heteroatoms. The number of benzene rings is 1. The smallest absolute Gasteiger partial charge is 0.255 e. The van der Waals surface area contributed by atoms with E-state index in [1.807, 2.05) is 0 Å². The lowest BCUT2D eigenvalue weighted by Gasteiger charge is -2.22. The number of pyridine rings is 1. The third kappa shape index (κ3) is 4.41. The first-order valence-electron chi connectivity index (χ1n) is 8.35. The van der Waals surface area contributed by atoms with E-state index in [0.717, 1.165) is 6.42 Å². The molecular weight excluding hydrogens is 321 g/mol. The minimum atomic E-state index is -0.339. The van der Waals surface area contributed by atoms with Gasteiger partial charge < -0.3 is 9.80 Å². The molecule has 1 fully saturated rings. The van der Waals surface area contributed by atoms with Gasteiger partial charge in [0.2, 0.25) is 5.91 Å². The Kier molecular flexibility index (Phi) is 5.38. The Labute approximate surface area is 146 Å². The number of hydrogen-bond donors (Lipinski definition) is 0. The Morgan fingerprint density at radius 1 is 1.04 bits per heavy atom. The maximum absolute atomic E-state index is 13.3. The highest BCUT2D eigenvalue weighted by Gasteiger charge is 2.23. The summed E-state index contributed by atoms with van der Waals surface area (Å²) >= 11 is 0. The van der Waals surface area contributed by atoms with Crippen LogP contribution in [-0.4, -0.2) is 52.8 Å². The second-order valence-corrected chi connectivity index (χ2v) is 6.07. The predicted octanol–water partition coefficient (Wildman–Crippen LogP) is 2.14. The molecule has 1 aliphatic heterocycles. The maximum Gasteiger partial charge on any atom is 0.255 e. The Balaban J connectivity index is 1.59. The fourth-order valence-corrected chi connectivity index (χ4v) is 2.98. The molecule has 0 N–H and O–H groups in total. The quantitative estimate of drug-likeness (QED) is 0.859. The summed E-state index contributed by atoms with van der Waals surface area (Å²) in [5, 5.41) is 0. The van der Waals surface area contributed by atoms with Crippen molar-refractivity contribution in [2.24, 2.45) is 0 Å². The van der Waals surface area contributed by atoms with Crippen molar-refractivity contribution in [1.29, 1.82) is 0 Å². The van der Waals surface area contributed by atoms with E-state index >= 15 is 0 Å². The van der Waals surface area contributed by atoms with Crippen molar-refractivity contribution in [2.75, 3.05) is 26.2 Å². The van der Waals surface area contributed by atoms with Gasteiger partial charge in [0.15, 0.2) is 0 Å². The first-order chi connectivity index (χ1) is 12.1. The lowest BCUT2D eigenvalue weighted by Crippen LogP contribution is -2.38. The lowest BCUT2D eigenvalue weighted by atomic mass is 10.1. The third-order valence-corrected chi connectivity index (χ3v) is 4.29. The van der Waals surface area contributed by atoms with Crippen LogP contribution in [0.25, 0.3) is 0 Å². The van der Waals surface area contributed by atoms with Gasteiger partial charge in [-0.05, 0) is 36.2 Å². The predicted molar refractivity (Wildman–Crippen MR) is 91.4 cm³/mol.